The molecule has 0 bridgehead atoms. The second-order valence-electron chi connectivity index (χ2n) is 8.83. The monoisotopic (exact) mass is 449 g/mol. The lowest BCUT2D eigenvalue weighted by atomic mass is 9.86. The molecule has 1 spiro atoms. The molecule has 0 aliphatic carbocycles. The Morgan fingerprint density at radius 3 is 2.82 bits per heavy atom. The number of hydrogen-bond donors (Lipinski definition) is 1. The fourth-order valence-corrected chi connectivity index (χ4v) is 4.70. The third kappa shape index (κ3) is 4.10. The number of ether oxygens (including phenoxy) is 1. The van der Waals surface area contributed by atoms with E-state index in [2.05, 4.69) is 36.8 Å². The molecule has 1 amide bonds. The van der Waals surface area contributed by atoms with Crippen LogP contribution in [0.4, 0.5) is 5.82 Å². The molecule has 5 rings (SSSR count). The van der Waals surface area contributed by atoms with E-state index < -0.39 is 0 Å². The Kier molecular flexibility index (Phi) is 5.18. The second kappa shape index (κ2) is 8.05. The van der Waals surface area contributed by atoms with Gasteiger partial charge in [-0.05, 0) is 50.0 Å². The molecule has 1 atom stereocenters. The van der Waals surface area contributed by atoms with Crippen LogP contribution in [0, 0.1) is 13.8 Å². The van der Waals surface area contributed by atoms with Gasteiger partial charge in [0.15, 0.2) is 0 Å². The number of nitrogens with one attached hydrogen (secondary N) is 1. The van der Waals surface area contributed by atoms with Crippen molar-refractivity contribution >= 4 is 11.7 Å². The van der Waals surface area contributed by atoms with Gasteiger partial charge in [-0.15, -0.1) is 10.2 Å². The zero-order chi connectivity index (χ0) is 23.2. The largest absolute Gasteiger partial charge is 0.481 e. The Morgan fingerprint density at radius 2 is 2.06 bits per heavy atom. The van der Waals surface area contributed by atoms with Gasteiger partial charge in [0, 0.05) is 24.7 Å². The SMILES string of the molecule is COc1cc(CC(=O)N2CC[C@]3(CCc4cc(-c5nnn(C)n5)c(C)nc4N3)C2)nc(C)n1. The lowest BCUT2D eigenvalue weighted by molar-refractivity contribution is -0.129. The number of rotatable bonds is 4. The first-order chi connectivity index (χ1) is 15.8. The molecule has 11 heteroatoms. The van der Waals surface area contributed by atoms with E-state index in [1.165, 1.54) is 4.80 Å². The van der Waals surface area contributed by atoms with E-state index in [9.17, 15) is 4.79 Å². The Bertz CT molecular complexity index is 1220. The number of nitrogens with zero attached hydrogens (tertiary/aromatic N) is 8. The summed E-state index contributed by atoms with van der Waals surface area (Å²) >= 11 is 0. The summed E-state index contributed by atoms with van der Waals surface area (Å²) in [6, 6.07) is 3.83. The Balaban J connectivity index is 1.30. The Hall–Kier alpha value is -3.63. The van der Waals surface area contributed by atoms with Crippen molar-refractivity contribution in [2.45, 2.75) is 45.1 Å². The van der Waals surface area contributed by atoms with E-state index in [1.54, 1.807) is 27.1 Å². The number of fused-ring (bicyclic) bond motifs is 1. The van der Waals surface area contributed by atoms with Crippen molar-refractivity contribution in [2.75, 3.05) is 25.5 Å². The standard InChI is InChI=1S/C22H27N9O2/c1-13-17(21-27-29-30(3)28-21)9-15-5-6-22(26-20(15)23-13)7-8-31(12-22)19(32)11-16-10-18(33-4)25-14(2)24-16/h9-10H,5-8,11-12H2,1-4H3,(H,23,26)/t22-/m1/s1. The van der Waals surface area contributed by atoms with Gasteiger partial charge in [-0.25, -0.2) is 9.97 Å². The molecule has 11 nitrogen and oxygen atoms in total. The second-order valence-corrected chi connectivity index (χ2v) is 8.83. The predicted molar refractivity (Wildman–Crippen MR) is 120 cm³/mol. The van der Waals surface area contributed by atoms with Crippen LogP contribution in [0.2, 0.25) is 0 Å². The van der Waals surface area contributed by atoms with E-state index >= 15 is 0 Å². The highest BCUT2D eigenvalue weighted by atomic mass is 16.5. The number of methoxy groups -OCH3 is 1. The fraction of sp³-hybridized carbons (Fsp3) is 0.500. The summed E-state index contributed by atoms with van der Waals surface area (Å²) in [6.45, 7) is 5.12. The van der Waals surface area contributed by atoms with Gasteiger partial charge in [-0.1, -0.05) is 0 Å². The number of anilines is 1. The summed E-state index contributed by atoms with van der Waals surface area (Å²) in [4.78, 5) is 29.8. The van der Waals surface area contributed by atoms with Crippen LogP contribution < -0.4 is 10.1 Å². The summed E-state index contributed by atoms with van der Waals surface area (Å²) in [5.41, 5.74) is 3.41. The minimum Gasteiger partial charge on any atom is -0.481 e. The number of aryl methyl sites for hydroxylation is 4. The zero-order valence-corrected chi connectivity index (χ0v) is 19.3. The maximum absolute atomic E-state index is 13.0. The molecule has 1 saturated heterocycles. The first kappa shape index (κ1) is 21.2. The summed E-state index contributed by atoms with van der Waals surface area (Å²) in [5, 5.41) is 16.0. The highest BCUT2D eigenvalue weighted by Gasteiger charge is 2.42. The molecule has 3 aromatic rings. The van der Waals surface area contributed by atoms with Gasteiger partial charge in [-0.3, -0.25) is 4.79 Å². The topological polar surface area (TPSA) is 124 Å². The molecule has 0 saturated carbocycles. The van der Waals surface area contributed by atoms with Crippen molar-refractivity contribution in [3.05, 3.63) is 34.9 Å². The molecule has 5 heterocycles. The molecule has 172 valence electrons. The van der Waals surface area contributed by atoms with E-state index in [0.717, 1.165) is 41.9 Å². The molecule has 1 N–H and O–H groups in total. The average molecular weight is 450 g/mol. The lowest BCUT2D eigenvalue weighted by Gasteiger charge is -2.36. The molecule has 0 aromatic carbocycles. The molecular formula is C22H27N9O2. The van der Waals surface area contributed by atoms with E-state index in [0.29, 0.717) is 36.3 Å². The van der Waals surface area contributed by atoms with Crippen molar-refractivity contribution in [1.82, 2.24) is 40.1 Å². The lowest BCUT2D eigenvalue weighted by Crippen LogP contribution is -2.45. The summed E-state index contributed by atoms with van der Waals surface area (Å²) in [6.07, 6.45) is 2.94. The number of amides is 1. The van der Waals surface area contributed by atoms with Crippen LogP contribution in [0.3, 0.4) is 0 Å². The predicted octanol–water partition coefficient (Wildman–Crippen LogP) is 1.26. The maximum atomic E-state index is 13.0. The van der Waals surface area contributed by atoms with Crippen molar-refractivity contribution in [3.8, 4) is 17.3 Å². The maximum Gasteiger partial charge on any atom is 0.228 e. The van der Waals surface area contributed by atoms with Crippen LogP contribution in [0.5, 0.6) is 5.88 Å². The van der Waals surface area contributed by atoms with Crippen LogP contribution in [0.1, 0.15) is 35.6 Å². The molecule has 1 fully saturated rings. The van der Waals surface area contributed by atoms with Gasteiger partial charge >= 0.3 is 0 Å². The average Bonchev–Trinajstić information content (AvgIpc) is 3.39. The normalized spacial score (nSPS) is 19.5. The minimum absolute atomic E-state index is 0.0628. The van der Waals surface area contributed by atoms with Crippen LogP contribution in [0.15, 0.2) is 12.1 Å². The highest BCUT2D eigenvalue weighted by Crippen LogP contribution is 2.38. The molecule has 33 heavy (non-hydrogen) atoms. The Labute approximate surface area is 191 Å². The summed E-state index contributed by atoms with van der Waals surface area (Å²) in [7, 11) is 3.31. The first-order valence-electron chi connectivity index (χ1n) is 11.0. The van der Waals surface area contributed by atoms with Gasteiger partial charge in [0.1, 0.15) is 11.6 Å². The first-order valence-corrected chi connectivity index (χ1v) is 11.0. The third-order valence-electron chi connectivity index (χ3n) is 6.41. The molecule has 2 aliphatic heterocycles. The summed E-state index contributed by atoms with van der Waals surface area (Å²) in [5.74, 6) is 2.61. The van der Waals surface area contributed by atoms with E-state index in [1.807, 2.05) is 11.8 Å². The van der Waals surface area contributed by atoms with Crippen molar-refractivity contribution in [1.29, 1.82) is 0 Å². The fourth-order valence-electron chi connectivity index (χ4n) is 4.70. The molecule has 3 aromatic heterocycles. The van der Waals surface area contributed by atoms with Gasteiger partial charge in [0.25, 0.3) is 0 Å². The smallest absolute Gasteiger partial charge is 0.228 e. The number of aromatic nitrogens is 7. The number of pyridine rings is 1. The van der Waals surface area contributed by atoms with Crippen LogP contribution >= 0.6 is 0 Å². The Morgan fingerprint density at radius 1 is 1.21 bits per heavy atom. The zero-order valence-electron chi connectivity index (χ0n) is 19.3. The molecule has 0 unspecified atom stereocenters. The van der Waals surface area contributed by atoms with Crippen molar-refractivity contribution < 1.29 is 9.53 Å². The number of carbonyl (C=O) groups excluding carboxylic acids is 1. The van der Waals surface area contributed by atoms with E-state index in [-0.39, 0.29) is 17.9 Å². The number of tetrazole rings is 1. The van der Waals surface area contributed by atoms with Crippen LogP contribution in [-0.4, -0.2) is 71.7 Å². The van der Waals surface area contributed by atoms with Crippen molar-refractivity contribution in [2.24, 2.45) is 7.05 Å². The molecule has 2 aliphatic rings. The van der Waals surface area contributed by atoms with E-state index in [4.69, 9.17) is 9.72 Å². The highest BCUT2D eigenvalue weighted by molar-refractivity contribution is 5.79. The van der Waals surface area contributed by atoms with Crippen LogP contribution in [0.25, 0.3) is 11.4 Å². The van der Waals surface area contributed by atoms with Gasteiger partial charge in [-0.2, -0.15) is 9.78 Å². The molecular weight excluding hydrogens is 422 g/mol. The third-order valence-corrected chi connectivity index (χ3v) is 6.41. The number of likely N-dealkylation sites (tertiary alicyclic amines) is 1. The number of hydrogen-bond acceptors (Lipinski definition) is 9. The number of carbonyl (C=O) groups is 1. The quantitative estimate of drug-likeness (QED) is 0.627. The summed E-state index contributed by atoms with van der Waals surface area (Å²) < 4.78 is 5.21. The van der Waals surface area contributed by atoms with Gasteiger partial charge < -0.3 is 15.0 Å². The van der Waals surface area contributed by atoms with Gasteiger partial charge in [0.05, 0.1) is 37.5 Å². The van der Waals surface area contributed by atoms with Crippen LogP contribution in [-0.2, 0) is 24.7 Å². The molecule has 0 radical (unpaired) electrons. The van der Waals surface area contributed by atoms with Crippen molar-refractivity contribution in [3.63, 3.8) is 0 Å². The minimum atomic E-state index is -0.159. The van der Waals surface area contributed by atoms with Gasteiger partial charge in [0.2, 0.25) is 17.6 Å².